The highest BCUT2D eigenvalue weighted by molar-refractivity contribution is 6.31. The van der Waals surface area contributed by atoms with Gasteiger partial charge >= 0.3 is 6.01 Å². The van der Waals surface area contributed by atoms with Gasteiger partial charge in [-0.15, -0.1) is 0 Å². The van der Waals surface area contributed by atoms with Crippen molar-refractivity contribution in [3.8, 4) is 11.9 Å². The van der Waals surface area contributed by atoms with Crippen LogP contribution in [-0.4, -0.2) is 29.2 Å². The van der Waals surface area contributed by atoms with Crippen LogP contribution in [0, 0.1) is 0 Å². The summed E-state index contributed by atoms with van der Waals surface area (Å²) in [6, 6.07) is 0.459. The van der Waals surface area contributed by atoms with Gasteiger partial charge in [0.15, 0.2) is 0 Å². The van der Waals surface area contributed by atoms with Crippen LogP contribution in [0.25, 0.3) is 0 Å². The second kappa shape index (κ2) is 5.51. The standard InChI is InChI=1S/C11H16ClN3O2/c1-16-11-14-6-9(12)10(15-11)17-8-4-2-3-7(13)5-8/h6-8H,2-5,13H2,1H3. The van der Waals surface area contributed by atoms with E-state index in [1.807, 2.05) is 0 Å². The summed E-state index contributed by atoms with van der Waals surface area (Å²) in [5, 5.41) is 0.393. The SMILES string of the molecule is COc1ncc(Cl)c(OC2CCCC(N)C2)n1. The quantitative estimate of drug-likeness (QED) is 0.894. The van der Waals surface area contributed by atoms with Crippen LogP contribution >= 0.6 is 11.6 Å². The summed E-state index contributed by atoms with van der Waals surface area (Å²) in [5.74, 6) is 0.373. The van der Waals surface area contributed by atoms with Crippen LogP contribution in [0.3, 0.4) is 0 Å². The molecule has 6 heteroatoms. The molecule has 1 aromatic rings. The fourth-order valence-electron chi connectivity index (χ4n) is 1.96. The largest absolute Gasteiger partial charge is 0.473 e. The molecule has 1 fully saturated rings. The highest BCUT2D eigenvalue weighted by atomic mass is 35.5. The van der Waals surface area contributed by atoms with Gasteiger partial charge in [0, 0.05) is 6.04 Å². The van der Waals surface area contributed by atoms with Crippen LogP contribution in [-0.2, 0) is 0 Å². The second-order valence-corrected chi connectivity index (χ2v) is 4.58. The first-order valence-electron chi connectivity index (χ1n) is 5.68. The Morgan fingerprint density at radius 2 is 2.29 bits per heavy atom. The average molecular weight is 258 g/mol. The molecule has 1 aliphatic rings. The van der Waals surface area contributed by atoms with E-state index in [9.17, 15) is 0 Å². The van der Waals surface area contributed by atoms with E-state index in [0.29, 0.717) is 10.9 Å². The summed E-state index contributed by atoms with van der Waals surface area (Å²) >= 11 is 5.97. The van der Waals surface area contributed by atoms with Crippen LogP contribution in [0.4, 0.5) is 0 Å². The smallest absolute Gasteiger partial charge is 0.319 e. The molecule has 0 spiro atoms. The van der Waals surface area contributed by atoms with Crippen LogP contribution in [0.5, 0.6) is 11.9 Å². The summed E-state index contributed by atoms with van der Waals surface area (Å²) in [6.45, 7) is 0. The molecule has 2 atom stereocenters. The minimum Gasteiger partial charge on any atom is -0.473 e. The lowest BCUT2D eigenvalue weighted by molar-refractivity contribution is 0.137. The molecule has 2 N–H and O–H groups in total. The van der Waals surface area contributed by atoms with Crippen molar-refractivity contribution in [3.63, 3.8) is 0 Å². The minimum atomic E-state index is 0.0795. The van der Waals surface area contributed by atoms with Crippen molar-refractivity contribution in [3.05, 3.63) is 11.2 Å². The Labute approximate surface area is 105 Å². The van der Waals surface area contributed by atoms with E-state index >= 15 is 0 Å². The monoisotopic (exact) mass is 257 g/mol. The van der Waals surface area contributed by atoms with Crippen LogP contribution in [0.15, 0.2) is 6.20 Å². The van der Waals surface area contributed by atoms with Crippen molar-refractivity contribution in [2.75, 3.05) is 7.11 Å². The first-order valence-corrected chi connectivity index (χ1v) is 6.05. The zero-order chi connectivity index (χ0) is 12.3. The molecule has 0 aromatic carbocycles. The van der Waals surface area contributed by atoms with Crippen molar-refractivity contribution in [1.29, 1.82) is 0 Å². The van der Waals surface area contributed by atoms with Crippen LogP contribution in [0.2, 0.25) is 5.02 Å². The number of aromatic nitrogens is 2. The molecule has 0 amide bonds. The third-order valence-corrected chi connectivity index (χ3v) is 3.08. The van der Waals surface area contributed by atoms with Crippen molar-refractivity contribution >= 4 is 11.6 Å². The van der Waals surface area contributed by atoms with Gasteiger partial charge in [-0.1, -0.05) is 11.6 Å². The van der Waals surface area contributed by atoms with Crippen LogP contribution < -0.4 is 15.2 Å². The number of ether oxygens (including phenoxy) is 2. The van der Waals surface area contributed by atoms with E-state index in [1.54, 1.807) is 0 Å². The fourth-order valence-corrected chi connectivity index (χ4v) is 2.10. The van der Waals surface area contributed by atoms with Gasteiger partial charge in [0.05, 0.1) is 13.3 Å². The van der Waals surface area contributed by atoms with Gasteiger partial charge in [0.25, 0.3) is 0 Å². The highest BCUT2D eigenvalue weighted by Crippen LogP contribution is 2.27. The first-order chi connectivity index (χ1) is 8.19. The lowest BCUT2D eigenvalue weighted by Gasteiger charge is -2.26. The predicted molar refractivity (Wildman–Crippen MR) is 64.5 cm³/mol. The van der Waals surface area contributed by atoms with E-state index in [4.69, 9.17) is 26.8 Å². The molecule has 0 radical (unpaired) electrons. The molecular formula is C11H16ClN3O2. The number of halogens is 1. The number of nitrogens with zero attached hydrogens (tertiary/aromatic N) is 2. The normalized spacial score (nSPS) is 24.4. The van der Waals surface area contributed by atoms with Gasteiger partial charge in [-0.3, -0.25) is 0 Å². The van der Waals surface area contributed by atoms with Gasteiger partial charge in [0.1, 0.15) is 11.1 Å². The number of hydrogen-bond acceptors (Lipinski definition) is 5. The summed E-state index contributed by atoms with van der Waals surface area (Å²) in [6.07, 6.45) is 5.51. The molecule has 0 bridgehead atoms. The fraction of sp³-hybridized carbons (Fsp3) is 0.636. The van der Waals surface area contributed by atoms with Crippen molar-refractivity contribution in [2.45, 2.75) is 37.8 Å². The van der Waals surface area contributed by atoms with E-state index < -0.39 is 0 Å². The zero-order valence-corrected chi connectivity index (χ0v) is 10.5. The topological polar surface area (TPSA) is 70.3 Å². The molecule has 0 saturated heterocycles. The molecule has 1 heterocycles. The Hall–Kier alpha value is -1.07. The van der Waals surface area contributed by atoms with Gasteiger partial charge in [-0.25, -0.2) is 4.98 Å². The molecule has 5 nitrogen and oxygen atoms in total. The molecule has 1 aromatic heterocycles. The Morgan fingerprint density at radius 3 is 3.00 bits per heavy atom. The molecule has 0 aliphatic heterocycles. The van der Waals surface area contributed by atoms with E-state index in [1.165, 1.54) is 13.3 Å². The molecule has 17 heavy (non-hydrogen) atoms. The van der Waals surface area contributed by atoms with Gasteiger partial charge in [-0.2, -0.15) is 4.98 Å². The lowest BCUT2D eigenvalue weighted by Crippen LogP contribution is -2.33. The Balaban J connectivity index is 2.06. The molecule has 2 rings (SSSR count). The molecule has 1 saturated carbocycles. The summed E-state index contributed by atoms with van der Waals surface area (Å²) in [5.41, 5.74) is 5.90. The Bertz CT molecular complexity index is 389. The molecule has 94 valence electrons. The maximum atomic E-state index is 5.97. The average Bonchev–Trinajstić information content (AvgIpc) is 2.32. The third kappa shape index (κ3) is 3.20. The highest BCUT2D eigenvalue weighted by Gasteiger charge is 2.22. The van der Waals surface area contributed by atoms with E-state index in [-0.39, 0.29) is 18.2 Å². The number of methoxy groups -OCH3 is 1. The molecule has 1 aliphatic carbocycles. The first kappa shape index (κ1) is 12.4. The van der Waals surface area contributed by atoms with Gasteiger partial charge in [0.2, 0.25) is 5.88 Å². The number of rotatable bonds is 3. The zero-order valence-electron chi connectivity index (χ0n) is 9.73. The van der Waals surface area contributed by atoms with Gasteiger partial charge < -0.3 is 15.2 Å². The van der Waals surface area contributed by atoms with Crippen molar-refractivity contribution in [1.82, 2.24) is 9.97 Å². The van der Waals surface area contributed by atoms with E-state index in [2.05, 4.69) is 9.97 Å². The Kier molecular flexibility index (Phi) is 4.02. The third-order valence-electron chi connectivity index (χ3n) is 2.82. The minimum absolute atomic E-state index is 0.0795. The van der Waals surface area contributed by atoms with Crippen molar-refractivity contribution < 1.29 is 9.47 Å². The van der Waals surface area contributed by atoms with E-state index in [0.717, 1.165) is 25.7 Å². The summed E-state index contributed by atoms with van der Waals surface area (Å²) < 4.78 is 10.7. The van der Waals surface area contributed by atoms with Gasteiger partial charge in [-0.05, 0) is 25.7 Å². The summed E-state index contributed by atoms with van der Waals surface area (Å²) in [7, 11) is 1.50. The van der Waals surface area contributed by atoms with Crippen LogP contribution in [0.1, 0.15) is 25.7 Å². The maximum Gasteiger partial charge on any atom is 0.319 e. The maximum absolute atomic E-state index is 5.97. The lowest BCUT2D eigenvalue weighted by atomic mass is 9.94. The van der Waals surface area contributed by atoms with Crippen molar-refractivity contribution in [2.24, 2.45) is 5.73 Å². The Morgan fingerprint density at radius 1 is 1.47 bits per heavy atom. The predicted octanol–water partition coefficient (Wildman–Crippen LogP) is 1.79. The molecule has 2 unspecified atom stereocenters. The summed E-state index contributed by atoms with van der Waals surface area (Å²) in [4.78, 5) is 7.98. The molecular weight excluding hydrogens is 242 g/mol. The second-order valence-electron chi connectivity index (χ2n) is 4.18. The number of nitrogens with two attached hydrogens (primary N) is 1. The number of hydrogen-bond donors (Lipinski definition) is 1.